The molecule has 0 aliphatic rings. The van der Waals surface area contributed by atoms with Crippen LogP contribution in [0.2, 0.25) is 0 Å². The van der Waals surface area contributed by atoms with Gasteiger partial charge in [0.25, 0.3) is 0 Å². The minimum absolute atomic E-state index is 0.00829. The second kappa shape index (κ2) is 4.94. The Bertz CT molecular complexity index is 245. The smallest absolute Gasteiger partial charge is 0.336 e. The van der Waals surface area contributed by atoms with Gasteiger partial charge < -0.3 is 15.1 Å². The Morgan fingerprint density at radius 3 is 2.57 bits per heavy atom. The van der Waals surface area contributed by atoms with E-state index in [0.29, 0.717) is 6.54 Å². The van der Waals surface area contributed by atoms with Crippen LogP contribution >= 0.6 is 0 Å². The van der Waals surface area contributed by atoms with Crippen LogP contribution in [0.3, 0.4) is 0 Å². The molecule has 0 aromatic heterocycles. The maximum absolute atomic E-state index is 10.6. The lowest BCUT2D eigenvalue weighted by atomic mass is 10.1. The third-order valence-electron chi connectivity index (χ3n) is 1.84. The molecule has 0 radical (unpaired) electrons. The first kappa shape index (κ1) is 12.9. The molecule has 0 bridgehead atoms. The number of aliphatic carboxylic acids is 1. The lowest BCUT2D eigenvalue weighted by molar-refractivity contribution is -0.158. The van der Waals surface area contributed by atoms with Gasteiger partial charge in [-0.1, -0.05) is 0 Å². The van der Waals surface area contributed by atoms with Gasteiger partial charge in [0.1, 0.15) is 0 Å². The lowest BCUT2D eigenvalue weighted by Gasteiger charge is -2.25. The maximum atomic E-state index is 10.6. The lowest BCUT2D eigenvalue weighted by Crippen LogP contribution is -2.46. The van der Waals surface area contributed by atoms with Crippen molar-refractivity contribution < 1.29 is 15.0 Å². The zero-order valence-electron chi connectivity index (χ0n) is 8.69. The molecule has 80 valence electrons. The topological polar surface area (TPSA) is 84.6 Å². The van der Waals surface area contributed by atoms with Crippen LogP contribution in [0, 0.1) is 17.2 Å². The zero-order valence-corrected chi connectivity index (χ0v) is 8.69. The number of rotatable bonds is 5. The molecule has 0 rings (SSSR count). The molecular formula is C9H16N2O3. The average Bonchev–Trinajstić information content (AvgIpc) is 2.02. The van der Waals surface area contributed by atoms with E-state index in [0.717, 1.165) is 0 Å². The van der Waals surface area contributed by atoms with Crippen LogP contribution in [0.15, 0.2) is 0 Å². The molecule has 0 aromatic rings. The molecule has 0 saturated heterocycles. The van der Waals surface area contributed by atoms with Gasteiger partial charge in [0.2, 0.25) is 0 Å². The molecule has 0 fully saturated rings. The summed E-state index contributed by atoms with van der Waals surface area (Å²) in [6.45, 7) is 3.43. The van der Waals surface area contributed by atoms with E-state index in [9.17, 15) is 9.90 Å². The fourth-order valence-electron chi connectivity index (χ4n) is 1.17. The van der Waals surface area contributed by atoms with Crippen LogP contribution in [0.4, 0.5) is 0 Å². The van der Waals surface area contributed by atoms with Gasteiger partial charge in [-0.15, -0.1) is 0 Å². The van der Waals surface area contributed by atoms with Crippen molar-refractivity contribution in [1.82, 2.24) is 4.90 Å². The summed E-state index contributed by atoms with van der Waals surface area (Å²) in [5.74, 6) is -1.43. The molecule has 0 amide bonds. The van der Waals surface area contributed by atoms with E-state index in [1.807, 2.05) is 6.07 Å². The van der Waals surface area contributed by atoms with Gasteiger partial charge in [-0.05, 0) is 20.9 Å². The molecule has 0 aliphatic heterocycles. The minimum atomic E-state index is -1.76. The quantitative estimate of drug-likeness (QED) is 0.648. The van der Waals surface area contributed by atoms with Gasteiger partial charge in [-0.2, -0.15) is 5.26 Å². The molecule has 0 saturated carbocycles. The number of aliphatic hydroxyl groups is 1. The van der Waals surface area contributed by atoms with Gasteiger partial charge in [0.05, 0.1) is 12.0 Å². The van der Waals surface area contributed by atoms with Crippen molar-refractivity contribution in [2.45, 2.75) is 19.4 Å². The first-order valence-corrected chi connectivity index (χ1v) is 4.33. The summed E-state index contributed by atoms with van der Waals surface area (Å²) in [5.41, 5.74) is -1.76. The van der Waals surface area contributed by atoms with Crippen molar-refractivity contribution in [1.29, 1.82) is 5.26 Å². The molecular weight excluding hydrogens is 184 g/mol. The number of hydrogen-bond acceptors (Lipinski definition) is 4. The molecule has 5 heteroatoms. The van der Waals surface area contributed by atoms with Crippen molar-refractivity contribution in [3.05, 3.63) is 0 Å². The molecule has 0 aliphatic carbocycles. The van der Waals surface area contributed by atoms with Crippen molar-refractivity contribution in [3.63, 3.8) is 0 Å². The van der Waals surface area contributed by atoms with E-state index in [2.05, 4.69) is 0 Å². The van der Waals surface area contributed by atoms with Crippen LogP contribution in [-0.2, 0) is 4.79 Å². The van der Waals surface area contributed by atoms with Crippen molar-refractivity contribution in [2.24, 2.45) is 5.92 Å². The summed E-state index contributed by atoms with van der Waals surface area (Å²) < 4.78 is 0. The van der Waals surface area contributed by atoms with E-state index in [1.165, 1.54) is 6.92 Å². The van der Waals surface area contributed by atoms with Crippen molar-refractivity contribution in [3.8, 4) is 6.07 Å². The van der Waals surface area contributed by atoms with Crippen LogP contribution in [0.25, 0.3) is 0 Å². The first-order chi connectivity index (χ1) is 6.29. The number of likely N-dealkylation sites (N-methyl/N-ethyl adjacent to an activating group) is 1. The molecule has 0 spiro atoms. The standard InChI is InChI=1S/C9H16N2O3/c1-7(4-10)5-11(3)6-9(2,14)8(12)13/h7,14H,5-6H2,1-3H3,(H,12,13). The number of nitriles is 1. The third kappa shape index (κ3) is 4.21. The first-order valence-electron chi connectivity index (χ1n) is 4.33. The Morgan fingerprint density at radius 2 is 2.21 bits per heavy atom. The number of carbonyl (C=O) groups is 1. The van der Waals surface area contributed by atoms with E-state index < -0.39 is 11.6 Å². The monoisotopic (exact) mass is 200 g/mol. The largest absolute Gasteiger partial charge is 0.479 e. The summed E-state index contributed by atoms with van der Waals surface area (Å²) in [5, 5.41) is 26.6. The van der Waals surface area contributed by atoms with Crippen LogP contribution in [0.1, 0.15) is 13.8 Å². The van der Waals surface area contributed by atoms with E-state index in [4.69, 9.17) is 10.4 Å². The normalized spacial score (nSPS) is 17.1. The Kier molecular flexibility index (Phi) is 4.54. The highest BCUT2D eigenvalue weighted by Crippen LogP contribution is 2.07. The fraction of sp³-hybridized carbons (Fsp3) is 0.778. The second-order valence-electron chi connectivity index (χ2n) is 3.81. The summed E-state index contributed by atoms with van der Waals surface area (Å²) in [6.07, 6.45) is 0. The van der Waals surface area contributed by atoms with Gasteiger partial charge in [0.15, 0.2) is 5.60 Å². The fourth-order valence-corrected chi connectivity index (χ4v) is 1.17. The highest BCUT2D eigenvalue weighted by molar-refractivity contribution is 5.76. The molecule has 0 heterocycles. The van der Waals surface area contributed by atoms with Gasteiger partial charge in [-0.25, -0.2) is 4.79 Å². The number of carboxylic acids is 1. The van der Waals surface area contributed by atoms with Gasteiger partial charge >= 0.3 is 5.97 Å². The van der Waals surface area contributed by atoms with Gasteiger partial charge in [0, 0.05) is 13.1 Å². The molecule has 5 nitrogen and oxygen atoms in total. The summed E-state index contributed by atoms with van der Waals surface area (Å²) in [4.78, 5) is 12.2. The average molecular weight is 200 g/mol. The Morgan fingerprint density at radius 1 is 1.71 bits per heavy atom. The summed E-state index contributed by atoms with van der Waals surface area (Å²) in [6, 6.07) is 2.04. The van der Waals surface area contributed by atoms with E-state index >= 15 is 0 Å². The van der Waals surface area contributed by atoms with Crippen LogP contribution in [-0.4, -0.2) is 46.8 Å². The van der Waals surface area contributed by atoms with Crippen molar-refractivity contribution in [2.75, 3.05) is 20.1 Å². The SMILES string of the molecule is CC(C#N)CN(C)CC(C)(O)C(=O)O. The molecule has 0 aromatic carbocycles. The Hall–Kier alpha value is -1.12. The second-order valence-corrected chi connectivity index (χ2v) is 3.81. The Balaban J connectivity index is 4.13. The summed E-state index contributed by atoms with van der Waals surface area (Å²) >= 11 is 0. The summed E-state index contributed by atoms with van der Waals surface area (Å²) in [7, 11) is 1.67. The van der Waals surface area contributed by atoms with Crippen LogP contribution in [0.5, 0.6) is 0 Å². The van der Waals surface area contributed by atoms with E-state index in [-0.39, 0.29) is 12.5 Å². The molecule has 14 heavy (non-hydrogen) atoms. The third-order valence-corrected chi connectivity index (χ3v) is 1.84. The number of nitrogens with zero attached hydrogens (tertiary/aromatic N) is 2. The zero-order chi connectivity index (χ0) is 11.4. The number of hydrogen-bond donors (Lipinski definition) is 2. The Labute approximate surface area is 83.6 Å². The highest BCUT2D eigenvalue weighted by atomic mass is 16.4. The van der Waals surface area contributed by atoms with Crippen LogP contribution < -0.4 is 0 Å². The minimum Gasteiger partial charge on any atom is -0.479 e. The highest BCUT2D eigenvalue weighted by Gasteiger charge is 2.31. The van der Waals surface area contributed by atoms with Gasteiger partial charge in [-0.3, -0.25) is 0 Å². The van der Waals surface area contributed by atoms with Crippen molar-refractivity contribution >= 4 is 5.97 Å². The predicted octanol–water partition coefficient (Wildman–Crippen LogP) is -0.0865. The molecule has 2 atom stereocenters. The predicted molar refractivity (Wildman–Crippen MR) is 50.5 cm³/mol. The number of carboxylic acid groups (broad SMARTS) is 1. The van der Waals surface area contributed by atoms with E-state index in [1.54, 1.807) is 18.9 Å². The molecule has 2 N–H and O–H groups in total. The molecule has 2 unspecified atom stereocenters. The maximum Gasteiger partial charge on any atom is 0.336 e.